The Kier molecular flexibility index (Phi) is 3.99. The lowest BCUT2D eigenvalue weighted by Gasteiger charge is -2.26. The van der Waals surface area contributed by atoms with E-state index in [1.54, 1.807) is 0 Å². The van der Waals surface area contributed by atoms with Crippen molar-refractivity contribution >= 4 is 22.4 Å². The minimum atomic E-state index is -4.43. The number of nitrogens with one attached hydrogen (secondary N) is 1. The number of benzene rings is 1. The molecule has 0 spiro atoms. The van der Waals surface area contributed by atoms with E-state index in [9.17, 15) is 17.4 Å². The molecule has 1 aromatic rings. The maximum atomic E-state index is 12.4. The Labute approximate surface area is 110 Å². The fourth-order valence-electron chi connectivity index (χ4n) is 1.63. The molecule has 2 nitrogen and oxygen atoms in total. The van der Waals surface area contributed by atoms with E-state index in [0.717, 1.165) is 25.2 Å². The second-order valence-electron chi connectivity index (χ2n) is 4.18. The molecule has 0 bridgehead atoms. The number of hydrogen-bond acceptors (Lipinski definition) is 2. The minimum absolute atomic E-state index is 0.0876. The molecule has 1 N–H and O–H groups in total. The van der Waals surface area contributed by atoms with E-state index in [-0.39, 0.29) is 9.92 Å². The lowest BCUT2D eigenvalue weighted by molar-refractivity contribution is -0.137. The van der Waals surface area contributed by atoms with Crippen molar-refractivity contribution < 1.29 is 17.4 Å². The monoisotopic (exact) mass is 297 g/mol. The van der Waals surface area contributed by atoms with Crippen LogP contribution < -0.4 is 5.32 Å². The molecule has 1 fully saturated rings. The summed E-state index contributed by atoms with van der Waals surface area (Å²) >= 11 is 5.77. The van der Waals surface area contributed by atoms with Gasteiger partial charge in [0.25, 0.3) is 0 Å². The Bertz CT molecular complexity index is 474. The van der Waals surface area contributed by atoms with Crippen LogP contribution >= 0.6 is 11.6 Å². The summed E-state index contributed by atoms with van der Waals surface area (Å²) in [4.78, 5) is 0.275. The van der Waals surface area contributed by atoms with Crippen LogP contribution in [0.1, 0.15) is 5.56 Å². The molecule has 1 aromatic carbocycles. The third-order valence-corrected chi connectivity index (χ3v) is 4.80. The quantitative estimate of drug-likeness (QED) is 0.929. The summed E-state index contributed by atoms with van der Waals surface area (Å²) in [5, 5.41) is 2.96. The molecule has 1 aliphatic rings. The van der Waals surface area contributed by atoms with E-state index in [4.69, 9.17) is 11.6 Å². The minimum Gasteiger partial charge on any atom is -0.316 e. The van der Waals surface area contributed by atoms with Crippen LogP contribution in [0.3, 0.4) is 0 Å². The van der Waals surface area contributed by atoms with Gasteiger partial charge in [-0.3, -0.25) is 4.21 Å². The van der Waals surface area contributed by atoms with Gasteiger partial charge in [0.05, 0.1) is 26.3 Å². The molecule has 0 saturated carbocycles. The molecular formula is C11H11ClF3NOS. The maximum Gasteiger partial charge on any atom is 0.416 e. The van der Waals surface area contributed by atoms with E-state index < -0.39 is 22.5 Å². The van der Waals surface area contributed by atoms with Crippen LogP contribution in [-0.4, -0.2) is 23.1 Å². The van der Waals surface area contributed by atoms with Gasteiger partial charge < -0.3 is 5.32 Å². The van der Waals surface area contributed by atoms with Crippen LogP contribution in [0.5, 0.6) is 0 Å². The van der Waals surface area contributed by atoms with Gasteiger partial charge >= 0.3 is 6.18 Å². The first-order chi connectivity index (χ1) is 8.38. The molecule has 7 heteroatoms. The summed E-state index contributed by atoms with van der Waals surface area (Å²) in [5.41, 5.74) is -0.821. The van der Waals surface area contributed by atoms with Gasteiger partial charge in [0.1, 0.15) is 0 Å². The highest BCUT2D eigenvalue weighted by Gasteiger charge is 2.31. The first-order valence-corrected chi connectivity index (χ1v) is 7.03. The van der Waals surface area contributed by atoms with Gasteiger partial charge in [-0.25, -0.2) is 0 Å². The van der Waals surface area contributed by atoms with Crippen LogP contribution in [0.15, 0.2) is 23.1 Å². The summed E-state index contributed by atoms with van der Waals surface area (Å²) in [7, 11) is -1.35. The van der Waals surface area contributed by atoms with Crippen molar-refractivity contribution in [1.82, 2.24) is 5.32 Å². The number of halogens is 4. The van der Waals surface area contributed by atoms with E-state index in [2.05, 4.69) is 5.32 Å². The molecule has 1 aliphatic heterocycles. The molecule has 0 aromatic heterocycles. The lowest BCUT2D eigenvalue weighted by atomic mass is 10.1. The van der Waals surface area contributed by atoms with Gasteiger partial charge in [0, 0.05) is 18.8 Å². The number of alkyl halides is 3. The van der Waals surface area contributed by atoms with Gasteiger partial charge in [-0.2, -0.15) is 13.2 Å². The zero-order valence-corrected chi connectivity index (χ0v) is 10.8. The summed E-state index contributed by atoms with van der Waals surface area (Å²) in [5.74, 6) is 0.738. The predicted octanol–water partition coefficient (Wildman–Crippen LogP) is 2.69. The van der Waals surface area contributed by atoms with Crippen molar-refractivity contribution in [3.63, 3.8) is 0 Å². The fourth-order valence-corrected chi connectivity index (χ4v) is 3.41. The van der Waals surface area contributed by atoms with E-state index in [0.29, 0.717) is 11.7 Å². The summed E-state index contributed by atoms with van der Waals surface area (Å²) in [6.07, 6.45) is -4.43. The second kappa shape index (κ2) is 5.19. The Morgan fingerprint density at radius 1 is 1.39 bits per heavy atom. The standard InChI is InChI=1S/C11H11ClF3NOS/c12-9-3-8(11(13,14)15)1-2-10(9)18(17)6-7-4-16-5-7/h1-3,7,16H,4-6H2. The normalized spacial score (nSPS) is 18.4. The van der Waals surface area contributed by atoms with Crippen molar-refractivity contribution in [3.05, 3.63) is 28.8 Å². The Balaban J connectivity index is 2.16. The van der Waals surface area contributed by atoms with Crippen molar-refractivity contribution in [2.45, 2.75) is 11.1 Å². The molecule has 0 aliphatic carbocycles. The van der Waals surface area contributed by atoms with Crippen LogP contribution in [0.25, 0.3) is 0 Å². The summed E-state index contributed by atoms with van der Waals surface area (Å²) in [6.45, 7) is 1.59. The average molecular weight is 298 g/mol. The zero-order chi connectivity index (χ0) is 13.3. The maximum absolute atomic E-state index is 12.4. The fraction of sp³-hybridized carbons (Fsp3) is 0.455. The van der Waals surface area contributed by atoms with Crippen LogP contribution in [0.2, 0.25) is 5.02 Å². The molecule has 0 radical (unpaired) electrons. The van der Waals surface area contributed by atoms with E-state index >= 15 is 0 Å². The first-order valence-electron chi connectivity index (χ1n) is 5.34. The van der Waals surface area contributed by atoms with E-state index in [1.807, 2.05) is 0 Å². The molecule has 1 saturated heterocycles. The molecule has 100 valence electrons. The van der Waals surface area contributed by atoms with Crippen molar-refractivity contribution in [2.24, 2.45) is 5.92 Å². The third-order valence-electron chi connectivity index (χ3n) is 2.76. The topological polar surface area (TPSA) is 29.1 Å². The van der Waals surface area contributed by atoms with Crippen LogP contribution in [-0.2, 0) is 17.0 Å². The second-order valence-corrected chi connectivity index (χ2v) is 6.05. The highest BCUT2D eigenvalue weighted by molar-refractivity contribution is 7.85. The van der Waals surface area contributed by atoms with Gasteiger partial charge in [0.2, 0.25) is 0 Å². The van der Waals surface area contributed by atoms with Gasteiger partial charge in [0.15, 0.2) is 0 Å². The molecule has 0 amide bonds. The summed E-state index contributed by atoms with van der Waals surface area (Å²) in [6, 6.07) is 2.94. The smallest absolute Gasteiger partial charge is 0.316 e. The Hall–Kier alpha value is -0.590. The third kappa shape index (κ3) is 3.05. The highest BCUT2D eigenvalue weighted by atomic mass is 35.5. The van der Waals surface area contributed by atoms with Crippen molar-refractivity contribution in [1.29, 1.82) is 0 Å². The van der Waals surface area contributed by atoms with Crippen molar-refractivity contribution in [2.75, 3.05) is 18.8 Å². The largest absolute Gasteiger partial charge is 0.416 e. The molecule has 2 rings (SSSR count). The number of rotatable bonds is 3. The van der Waals surface area contributed by atoms with Gasteiger partial charge in [-0.1, -0.05) is 11.6 Å². The first kappa shape index (κ1) is 13.8. The highest BCUT2D eigenvalue weighted by Crippen LogP contribution is 2.33. The lowest BCUT2D eigenvalue weighted by Crippen LogP contribution is -2.44. The van der Waals surface area contributed by atoms with E-state index in [1.165, 1.54) is 6.07 Å². The van der Waals surface area contributed by atoms with Gasteiger partial charge in [-0.05, 0) is 24.1 Å². The molecule has 18 heavy (non-hydrogen) atoms. The van der Waals surface area contributed by atoms with Crippen LogP contribution in [0, 0.1) is 5.92 Å². The Morgan fingerprint density at radius 2 is 2.06 bits per heavy atom. The summed E-state index contributed by atoms with van der Waals surface area (Å²) < 4.78 is 49.2. The average Bonchev–Trinajstić information content (AvgIpc) is 2.21. The molecular weight excluding hydrogens is 287 g/mol. The SMILES string of the molecule is O=S(CC1CNC1)c1ccc(C(F)(F)F)cc1Cl. The number of hydrogen-bond donors (Lipinski definition) is 1. The van der Waals surface area contributed by atoms with Gasteiger partial charge in [-0.15, -0.1) is 0 Å². The Morgan fingerprint density at radius 3 is 2.50 bits per heavy atom. The molecule has 1 unspecified atom stereocenters. The zero-order valence-electron chi connectivity index (χ0n) is 9.26. The molecule has 1 atom stereocenters. The van der Waals surface area contributed by atoms with Crippen LogP contribution in [0.4, 0.5) is 13.2 Å². The van der Waals surface area contributed by atoms with Crippen molar-refractivity contribution in [3.8, 4) is 0 Å². The predicted molar refractivity (Wildman–Crippen MR) is 64.1 cm³/mol. The molecule has 1 heterocycles.